The molecule has 0 amide bonds. The van der Waals surface area contributed by atoms with Crippen LogP contribution in [0.1, 0.15) is 32.3 Å². The molecule has 4 heteroatoms. The SMILES string of the molecule is CC(OCCOc1cccc(C(C)C)c1)C(=O)O. The summed E-state index contributed by atoms with van der Waals surface area (Å²) in [7, 11) is 0. The molecule has 0 aliphatic rings. The van der Waals surface area contributed by atoms with Gasteiger partial charge < -0.3 is 14.6 Å². The summed E-state index contributed by atoms with van der Waals surface area (Å²) in [6, 6.07) is 7.88. The second-order valence-corrected chi connectivity index (χ2v) is 4.43. The predicted molar refractivity (Wildman–Crippen MR) is 69.1 cm³/mol. The van der Waals surface area contributed by atoms with Crippen LogP contribution in [0, 0.1) is 0 Å². The largest absolute Gasteiger partial charge is 0.491 e. The van der Waals surface area contributed by atoms with E-state index in [1.54, 1.807) is 0 Å². The zero-order chi connectivity index (χ0) is 13.5. The summed E-state index contributed by atoms with van der Waals surface area (Å²) in [5, 5.41) is 8.63. The van der Waals surface area contributed by atoms with Crippen molar-refractivity contribution in [3.8, 4) is 5.75 Å². The van der Waals surface area contributed by atoms with E-state index in [2.05, 4.69) is 19.9 Å². The van der Waals surface area contributed by atoms with E-state index in [0.717, 1.165) is 5.75 Å². The van der Waals surface area contributed by atoms with Crippen LogP contribution in [0.4, 0.5) is 0 Å². The molecule has 0 heterocycles. The van der Waals surface area contributed by atoms with Crippen molar-refractivity contribution in [1.29, 1.82) is 0 Å². The fourth-order valence-corrected chi connectivity index (χ4v) is 1.42. The van der Waals surface area contributed by atoms with Crippen LogP contribution in [-0.4, -0.2) is 30.4 Å². The van der Waals surface area contributed by atoms with Gasteiger partial charge in [-0.3, -0.25) is 0 Å². The van der Waals surface area contributed by atoms with Crippen LogP contribution < -0.4 is 4.74 Å². The van der Waals surface area contributed by atoms with E-state index in [9.17, 15) is 4.79 Å². The highest BCUT2D eigenvalue weighted by Gasteiger charge is 2.10. The Kier molecular flexibility index (Phi) is 5.65. The van der Waals surface area contributed by atoms with Gasteiger partial charge in [-0.05, 0) is 30.5 Å². The van der Waals surface area contributed by atoms with E-state index in [1.807, 2.05) is 18.2 Å². The number of ether oxygens (including phenoxy) is 2. The lowest BCUT2D eigenvalue weighted by Gasteiger charge is -2.11. The van der Waals surface area contributed by atoms with E-state index < -0.39 is 12.1 Å². The van der Waals surface area contributed by atoms with Crippen LogP contribution >= 0.6 is 0 Å². The monoisotopic (exact) mass is 252 g/mol. The number of carboxylic acids is 1. The molecule has 1 unspecified atom stereocenters. The Labute approximate surface area is 108 Å². The summed E-state index contributed by atoms with van der Waals surface area (Å²) in [5.74, 6) is 0.279. The van der Waals surface area contributed by atoms with E-state index in [0.29, 0.717) is 12.5 Å². The number of hydrogen-bond donors (Lipinski definition) is 1. The Hall–Kier alpha value is -1.55. The standard InChI is InChI=1S/C14H20O4/c1-10(2)12-5-4-6-13(9-12)18-8-7-17-11(3)14(15)16/h4-6,9-11H,7-8H2,1-3H3,(H,15,16). The molecule has 1 aromatic carbocycles. The third-order valence-corrected chi connectivity index (χ3v) is 2.59. The molecule has 1 atom stereocenters. The van der Waals surface area contributed by atoms with Gasteiger partial charge in [-0.1, -0.05) is 26.0 Å². The smallest absolute Gasteiger partial charge is 0.332 e. The maximum Gasteiger partial charge on any atom is 0.332 e. The fraction of sp³-hybridized carbons (Fsp3) is 0.500. The summed E-state index contributed by atoms with van der Waals surface area (Å²) in [5.41, 5.74) is 1.22. The molecule has 0 saturated carbocycles. The second kappa shape index (κ2) is 7.01. The van der Waals surface area contributed by atoms with E-state index >= 15 is 0 Å². The van der Waals surface area contributed by atoms with Gasteiger partial charge in [0.15, 0.2) is 6.10 Å². The first-order valence-corrected chi connectivity index (χ1v) is 6.08. The lowest BCUT2D eigenvalue weighted by Crippen LogP contribution is -2.22. The van der Waals surface area contributed by atoms with Crippen LogP contribution in [0.5, 0.6) is 5.75 Å². The maximum absolute atomic E-state index is 10.5. The Bertz CT molecular complexity index is 387. The van der Waals surface area contributed by atoms with Crippen LogP contribution in [-0.2, 0) is 9.53 Å². The highest BCUT2D eigenvalue weighted by Crippen LogP contribution is 2.19. The average Bonchev–Trinajstić information content (AvgIpc) is 2.34. The van der Waals surface area contributed by atoms with E-state index in [4.69, 9.17) is 14.6 Å². The molecular formula is C14H20O4. The number of benzene rings is 1. The molecule has 100 valence electrons. The summed E-state index contributed by atoms with van der Waals surface area (Å²) < 4.78 is 10.6. The van der Waals surface area contributed by atoms with Crippen LogP contribution in [0.2, 0.25) is 0 Å². The third-order valence-electron chi connectivity index (χ3n) is 2.59. The molecule has 0 saturated heterocycles. The Morgan fingerprint density at radius 2 is 2.00 bits per heavy atom. The highest BCUT2D eigenvalue weighted by molar-refractivity contribution is 5.71. The Morgan fingerprint density at radius 3 is 2.61 bits per heavy atom. The Morgan fingerprint density at radius 1 is 1.28 bits per heavy atom. The molecule has 18 heavy (non-hydrogen) atoms. The zero-order valence-electron chi connectivity index (χ0n) is 11.1. The van der Waals surface area contributed by atoms with Gasteiger partial charge >= 0.3 is 5.97 Å². The average molecular weight is 252 g/mol. The molecular weight excluding hydrogens is 232 g/mol. The minimum absolute atomic E-state index is 0.263. The number of hydrogen-bond acceptors (Lipinski definition) is 3. The van der Waals surface area contributed by atoms with Gasteiger partial charge in [0.05, 0.1) is 6.61 Å². The molecule has 0 spiro atoms. The molecule has 0 bridgehead atoms. The van der Waals surface area contributed by atoms with Crippen molar-refractivity contribution in [2.45, 2.75) is 32.8 Å². The number of aliphatic carboxylic acids is 1. The van der Waals surface area contributed by atoms with Crippen LogP contribution in [0.3, 0.4) is 0 Å². The lowest BCUT2D eigenvalue weighted by molar-refractivity contribution is -0.149. The van der Waals surface area contributed by atoms with Crippen molar-refractivity contribution in [3.63, 3.8) is 0 Å². The molecule has 0 aromatic heterocycles. The fourth-order valence-electron chi connectivity index (χ4n) is 1.42. The van der Waals surface area contributed by atoms with Crippen LogP contribution in [0.15, 0.2) is 24.3 Å². The zero-order valence-corrected chi connectivity index (χ0v) is 11.1. The molecule has 0 aliphatic carbocycles. The van der Waals surface area contributed by atoms with Gasteiger partial charge in [0.2, 0.25) is 0 Å². The first kappa shape index (κ1) is 14.5. The second-order valence-electron chi connectivity index (χ2n) is 4.43. The van der Waals surface area contributed by atoms with Gasteiger partial charge in [0.25, 0.3) is 0 Å². The summed E-state index contributed by atoms with van der Waals surface area (Å²) in [6.45, 7) is 6.35. The quantitative estimate of drug-likeness (QED) is 0.758. The molecule has 1 rings (SSSR count). The lowest BCUT2D eigenvalue weighted by atomic mass is 10.0. The van der Waals surface area contributed by atoms with E-state index in [1.165, 1.54) is 12.5 Å². The predicted octanol–water partition coefficient (Wildman–Crippen LogP) is 2.68. The number of rotatable bonds is 7. The summed E-state index contributed by atoms with van der Waals surface area (Å²) in [6.07, 6.45) is -0.796. The molecule has 1 aromatic rings. The third kappa shape index (κ3) is 4.75. The first-order chi connectivity index (χ1) is 8.50. The van der Waals surface area contributed by atoms with Crippen molar-refractivity contribution in [1.82, 2.24) is 0 Å². The molecule has 0 radical (unpaired) electrons. The van der Waals surface area contributed by atoms with Gasteiger partial charge in [0, 0.05) is 0 Å². The molecule has 1 N–H and O–H groups in total. The molecule has 0 fully saturated rings. The van der Waals surface area contributed by atoms with E-state index in [-0.39, 0.29) is 6.61 Å². The van der Waals surface area contributed by atoms with Crippen LogP contribution in [0.25, 0.3) is 0 Å². The first-order valence-electron chi connectivity index (χ1n) is 6.08. The molecule has 0 aliphatic heterocycles. The number of carboxylic acid groups (broad SMARTS) is 1. The topological polar surface area (TPSA) is 55.8 Å². The molecule has 4 nitrogen and oxygen atoms in total. The summed E-state index contributed by atoms with van der Waals surface area (Å²) >= 11 is 0. The van der Waals surface area contributed by atoms with Crippen molar-refractivity contribution < 1.29 is 19.4 Å². The minimum Gasteiger partial charge on any atom is -0.491 e. The number of carbonyl (C=O) groups is 1. The van der Waals surface area contributed by atoms with Crippen molar-refractivity contribution in [2.24, 2.45) is 0 Å². The van der Waals surface area contributed by atoms with Crippen molar-refractivity contribution in [2.75, 3.05) is 13.2 Å². The normalized spacial score (nSPS) is 12.4. The van der Waals surface area contributed by atoms with Gasteiger partial charge in [0.1, 0.15) is 12.4 Å². The van der Waals surface area contributed by atoms with Gasteiger partial charge in [-0.2, -0.15) is 0 Å². The Balaban J connectivity index is 2.35. The van der Waals surface area contributed by atoms with Crippen molar-refractivity contribution in [3.05, 3.63) is 29.8 Å². The van der Waals surface area contributed by atoms with Gasteiger partial charge in [-0.15, -0.1) is 0 Å². The summed E-state index contributed by atoms with van der Waals surface area (Å²) in [4.78, 5) is 10.5. The minimum atomic E-state index is -0.961. The van der Waals surface area contributed by atoms with Gasteiger partial charge in [-0.25, -0.2) is 4.79 Å². The maximum atomic E-state index is 10.5. The highest BCUT2D eigenvalue weighted by atomic mass is 16.5. The van der Waals surface area contributed by atoms with Crippen molar-refractivity contribution >= 4 is 5.97 Å².